The molecule has 0 aliphatic heterocycles. The molecule has 0 fully saturated rings. The number of hydrogen-bond donors (Lipinski definition) is 2. The number of carbonyl (C=O) groups is 1. The summed E-state index contributed by atoms with van der Waals surface area (Å²) >= 11 is 0. The normalized spacial score (nSPS) is 10.2. The van der Waals surface area contributed by atoms with Crippen LogP contribution in [0.2, 0.25) is 0 Å². The first-order chi connectivity index (χ1) is 7.79. The van der Waals surface area contributed by atoms with Crippen molar-refractivity contribution in [3.05, 3.63) is 35.9 Å². The van der Waals surface area contributed by atoms with E-state index in [2.05, 4.69) is 5.32 Å². The Bertz CT molecular complexity index is 301. The maximum Gasteiger partial charge on any atom is 0.231 e. The van der Waals surface area contributed by atoms with Gasteiger partial charge in [0.15, 0.2) is 0 Å². The molecule has 88 valence electrons. The van der Waals surface area contributed by atoms with Crippen LogP contribution in [0.1, 0.15) is 12.0 Å². The molecule has 0 aliphatic rings. The van der Waals surface area contributed by atoms with Gasteiger partial charge in [0.1, 0.15) is 0 Å². The first-order valence-electron chi connectivity index (χ1n) is 5.40. The van der Waals surface area contributed by atoms with Crippen LogP contribution in [0.5, 0.6) is 0 Å². The van der Waals surface area contributed by atoms with Crippen molar-refractivity contribution in [1.82, 2.24) is 5.32 Å². The predicted octanol–water partition coefficient (Wildman–Crippen LogP) is 0.668. The van der Waals surface area contributed by atoms with E-state index in [0.29, 0.717) is 13.2 Å². The molecular weight excluding hydrogens is 204 g/mol. The van der Waals surface area contributed by atoms with Crippen LogP contribution < -0.4 is 11.1 Å². The number of nitrogens with two attached hydrogens (primary N) is 1. The molecule has 1 aromatic carbocycles. The Morgan fingerprint density at radius 3 is 2.75 bits per heavy atom. The SMILES string of the molecule is NC(=O)CNCCCOCc1ccccc1. The van der Waals surface area contributed by atoms with Crippen molar-refractivity contribution < 1.29 is 9.53 Å². The summed E-state index contributed by atoms with van der Waals surface area (Å²) in [5, 5.41) is 2.93. The molecule has 0 atom stereocenters. The fraction of sp³-hybridized carbons (Fsp3) is 0.417. The third kappa shape index (κ3) is 6.16. The zero-order valence-corrected chi connectivity index (χ0v) is 9.32. The lowest BCUT2D eigenvalue weighted by molar-refractivity contribution is -0.117. The Morgan fingerprint density at radius 1 is 1.31 bits per heavy atom. The van der Waals surface area contributed by atoms with Gasteiger partial charge in [0.05, 0.1) is 13.2 Å². The quantitative estimate of drug-likeness (QED) is 0.635. The van der Waals surface area contributed by atoms with E-state index in [1.54, 1.807) is 0 Å². The van der Waals surface area contributed by atoms with Gasteiger partial charge in [0.2, 0.25) is 5.91 Å². The Morgan fingerprint density at radius 2 is 2.06 bits per heavy atom. The summed E-state index contributed by atoms with van der Waals surface area (Å²) in [6.45, 7) is 2.30. The van der Waals surface area contributed by atoms with E-state index in [0.717, 1.165) is 13.0 Å². The molecule has 0 saturated heterocycles. The lowest BCUT2D eigenvalue weighted by Gasteiger charge is -2.04. The first-order valence-corrected chi connectivity index (χ1v) is 5.40. The summed E-state index contributed by atoms with van der Waals surface area (Å²) in [6.07, 6.45) is 0.875. The van der Waals surface area contributed by atoms with Crippen LogP contribution in [-0.4, -0.2) is 25.6 Å². The number of primary amides is 1. The van der Waals surface area contributed by atoms with Gasteiger partial charge in [-0.05, 0) is 18.5 Å². The predicted molar refractivity (Wildman–Crippen MR) is 62.8 cm³/mol. The van der Waals surface area contributed by atoms with Gasteiger partial charge in [-0.3, -0.25) is 4.79 Å². The van der Waals surface area contributed by atoms with Crippen LogP contribution in [0.3, 0.4) is 0 Å². The minimum Gasteiger partial charge on any atom is -0.377 e. The van der Waals surface area contributed by atoms with Crippen molar-refractivity contribution in [2.45, 2.75) is 13.0 Å². The number of amides is 1. The van der Waals surface area contributed by atoms with Crippen LogP contribution >= 0.6 is 0 Å². The summed E-state index contributed by atoms with van der Waals surface area (Å²) in [6, 6.07) is 10.0. The lowest BCUT2D eigenvalue weighted by atomic mass is 10.2. The first kappa shape index (κ1) is 12.7. The molecule has 1 aromatic rings. The second-order valence-electron chi connectivity index (χ2n) is 3.53. The van der Waals surface area contributed by atoms with E-state index < -0.39 is 0 Å². The molecule has 0 unspecified atom stereocenters. The van der Waals surface area contributed by atoms with Gasteiger partial charge < -0.3 is 15.8 Å². The summed E-state index contributed by atoms with van der Waals surface area (Å²) in [4.78, 5) is 10.4. The number of hydrogen-bond acceptors (Lipinski definition) is 3. The smallest absolute Gasteiger partial charge is 0.231 e. The van der Waals surface area contributed by atoms with Gasteiger partial charge in [-0.25, -0.2) is 0 Å². The van der Waals surface area contributed by atoms with E-state index in [1.807, 2.05) is 30.3 Å². The Balaban J connectivity index is 1.94. The van der Waals surface area contributed by atoms with Crippen LogP contribution in [0.25, 0.3) is 0 Å². The number of rotatable bonds is 8. The number of nitrogens with one attached hydrogen (secondary N) is 1. The largest absolute Gasteiger partial charge is 0.377 e. The monoisotopic (exact) mass is 222 g/mol. The molecule has 0 radical (unpaired) electrons. The Labute approximate surface area is 95.8 Å². The van der Waals surface area contributed by atoms with Crippen LogP contribution in [0.15, 0.2) is 30.3 Å². The Hall–Kier alpha value is -1.39. The Kier molecular flexibility index (Phi) is 6.22. The highest BCUT2D eigenvalue weighted by molar-refractivity contribution is 5.75. The van der Waals surface area contributed by atoms with Crippen LogP contribution in [0, 0.1) is 0 Å². The maximum atomic E-state index is 10.4. The van der Waals surface area contributed by atoms with E-state index in [4.69, 9.17) is 10.5 Å². The molecule has 1 amide bonds. The zero-order chi connectivity index (χ0) is 11.6. The minimum absolute atomic E-state index is 0.235. The van der Waals surface area contributed by atoms with E-state index in [1.165, 1.54) is 5.56 Å². The topological polar surface area (TPSA) is 64.4 Å². The summed E-state index contributed by atoms with van der Waals surface area (Å²) in [5.41, 5.74) is 6.15. The molecule has 0 spiro atoms. The average Bonchev–Trinajstić information content (AvgIpc) is 2.29. The third-order valence-corrected chi connectivity index (χ3v) is 2.05. The van der Waals surface area contributed by atoms with Crippen LogP contribution in [-0.2, 0) is 16.1 Å². The van der Waals surface area contributed by atoms with Gasteiger partial charge in [-0.1, -0.05) is 30.3 Å². The maximum absolute atomic E-state index is 10.4. The van der Waals surface area contributed by atoms with Crippen molar-refractivity contribution in [3.8, 4) is 0 Å². The van der Waals surface area contributed by atoms with Crippen molar-refractivity contribution in [3.63, 3.8) is 0 Å². The summed E-state index contributed by atoms with van der Waals surface area (Å²) in [7, 11) is 0. The molecule has 0 bridgehead atoms. The molecule has 4 heteroatoms. The fourth-order valence-corrected chi connectivity index (χ4v) is 1.28. The van der Waals surface area contributed by atoms with Crippen molar-refractivity contribution >= 4 is 5.91 Å². The molecule has 0 saturated carbocycles. The highest BCUT2D eigenvalue weighted by atomic mass is 16.5. The van der Waals surface area contributed by atoms with E-state index in [-0.39, 0.29) is 12.5 Å². The molecule has 1 rings (SSSR count). The highest BCUT2D eigenvalue weighted by Crippen LogP contribution is 2.00. The van der Waals surface area contributed by atoms with Crippen molar-refractivity contribution in [1.29, 1.82) is 0 Å². The molecule has 16 heavy (non-hydrogen) atoms. The van der Waals surface area contributed by atoms with Gasteiger partial charge in [-0.2, -0.15) is 0 Å². The molecule has 4 nitrogen and oxygen atoms in total. The summed E-state index contributed by atoms with van der Waals surface area (Å²) in [5.74, 6) is -0.329. The zero-order valence-electron chi connectivity index (χ0n) is 9.32. The minimum atomic E-state index is -0.329. The number of benzene rings is 1. The van der Waals surface area contributed by atoms with Gasteiger partial charge in [0, 0.05) is 6.61 Å². The average molecular weight is 222 g/mol. The molecule has 0 aromatic heterocycles. The fourth-order valence-electron chi connectivity index (χ4n) is 1.28. The van der Waals surface area contributed by atoms with E-state index >= 15 is 0 Å². The highest BCUT2D eigenvalue weighted by Gasteiger charge is 1.94. The molecule has 0 aliphatic carbocycles. The lowest BCUT2D eigenvalue weighted by Crippen LogP contribution is -2.29. The van der Waals surface area contributed by atoms with Gasteiger partial charge >= 0.3 is 0 Å². The summed E-state index contributed by atoms with van der Waals surface area (Å²) < 4.78 is 5.47. The van der Waals surface area contributed by atoms with Crippen molar-refractivity contribution in [2.24, 2.45) is 5.73 Å². The number of carbonyl (C=O) groups excluding carboxylic acids is 1. The molecule has 0 heterocycles. The van der Waals surface area contributed by atoms with Gasteiger partial charge in [-0.15, -0.1) is 0 Å². The van der Waals surface area contributed by atoms with E-state index in [9.17, 15) is 4.79 Å². The standard InChI is InChI=1S/C12H18N2O2/c13-12(15)9-14-7-4-8-16-10-11-5-2-1-3-6-11/h1-3,5-6,14H,4,7-10H2,(H2,13,15). The second kappa shape index (κ2) is 7.84. The van der Waals surface area contributed by atoms with Crippen molar-refractivity contribution in [2.75, 3.05) is 19.7 Å². The second-order valence-corrected chi connectivity index (χ2v) is 3.53. The molecular formula is C12H18N2O2. The third-order valence-electron chi connectivity index (χ3n) is 2.05. The van der Waals surface area contributed by atoms with Gasteiger partial charge in [0.25, 0.3) is 0 Å². The molecule has 3 N–H and O–H groups in total. The number of ether oxygens (including phenoxy) is 1. The van der Waals surface area contributed by atoms with Crippen LogP contribution in [0.4, 0.5) is 0 Å².